The fraction of sp³-hybridized carbons (Fsp3) is 0.100. The van der Waals surface area contributed by atoms with Gasteiger partial charge in [-0.15, -0.1) is 0 Å². The molecule has 0 aromatic heterocycles. The summed E-state index contributed by atoms with van der Waals surface area (Å²) in [4.78, 5) is 24.0. The summed E-state index contributed by atoms with van der Waals surface area (Å²) in [5, 5.41) is 2.04. The van der Waals surface area contributed by atoms with Crippen LogP contribution in [0.25, 0.3) is 21.9 Å². The summed E-state index contributed by atoms with van der Waals surface area (Å²) in [6, 6.07) is 19.6. The van der Waals surface area contributed by atoms with E-state index in [2.05, 4.69) is 6.07 Å². The van der Waals surface area contributed by atoms with E-state index in [-0.39, 0.29) is 11.6 Å². The molecule has 0 unspecified atom stereocenters. The highest BCUT2D eigenvalue weighted by Gasteiger charge is 2.11. The van der Waals surface area contributed by atoms with Gasteiger partial charge < -0.3 is 0 Å². The lowest BCUT2D eigenvalue weighted by Crippen LogP contribution is -1.99. The molecule has 3 aromatic rings. The van der Waals surface area contributed by atoms with Crippen molar-refractivity contribution in [1.29, 1.82) is 0 Å². The van der Waals surface area contributed by atoms with Gasteiger partial charge in [0.15, 0.2) is 11.6 Å². The predicted octanol–water partition coefficient (Wildman–Crippen LogP) is 2.98. The lowest BCUT2D eigenvalue weighted by atomic mass is 9.89. The van der Waals surface area contributed by atoms with Crippen molar-refractivity contribution in [2.45, 2.75) is 12.6 Å². The maximum atomic E-state index is 12.2. The van der Waals surface area contributed by atoms with Crippen molar-refractivity contribution in [2.75, 3.05) is 0 Å². The molecule has 0 saturated carbocycles. The van der Waals surface area contributed by atoms with E-state index in [0.29, 0.717) is 12.6 Å². The first-order chi connectivity index (χ1) is 11.7. The van der Waals surface area contributed by atoms with Gasteiger partial charge in [0.05, 0.1) is 0 Å². The van der Waals surface area contributed by atoms with Crippen molar-refractivity contribution in [3.8, 4) is 11.1 Å². The largest absolute Gasteiger partial charge is 0.295 e. The molecule has 3 rings (SSSR count). The first-order valence-corrected chi connectivity index (χ1v) is 8.34. The van der Waals surface area contributed by atoms with Crippen LogP contribution in [0.1, 0.15) is 20.7 Å². The second-order valence-corrected chi connectivity index (χ2v) is 5.84. The minimum atomic E-state index is 0.148. The molecule has 0 heterocycles. The second kappa shape index (κ2) is 6.88. The van der Waals surface area contributed by atoms with E-state index in [4.69, 9.17) is 0 Å². The number of ketones is 2. The summed E-state index contributed by atoms with van der Waals surface area (Å²) in [5.41, 5.74) is 3.64. The van der Waals surface area contributed by atoms with Crippen molar-refractivity contribution in [3.63, 3.8) is 0 Å². The van der Waals surface area contributed by atoms with Gasteiger partial charge in [-0.2, -0.15) is 0 Å². The predicted molar refractivity (Wildman–Crippen MR) is 105 cm³/mol. The van der Waals surface area contributed by atoms with Gasteiger partial charge in [0, 0.05) is 11.1 Å². The number of rotatable bonds is 5. The van der Waals surface area contributed by atoms with Crippen molar-refractivity contribution >= 4 is 38.0 Å². The SMILES string of the molecule is BCC(=O)c1ccc(-c2cccc3c(C(=O)CB)cccc23)cc1. The van der Waals surface area contributed by atoms with Crippen LogP contribution in [0.2, 0.25) is 12.6 Å². The smallest absolute Gasteiger partial charge is 0.155 e. The molecule has 0 fully saturated rings. The van der Waals surface area contributed by atoms with Crippen LogP contribution >= 0.6 is 0 Å². The van der Waals surface area contributed by atoms with E-state index >= 15 is 0 Å². The Bertz CT molecular complexity index is 915. The highest BCUT2D eigenvalue weighted by molar-refractivity contribution is 6.26. The Morgan fingerprint density at radius 2 is 1.33 bits per heavy atom. The fourth-order valence-electron chi connectivity index (χ4n) is 3.04. The Kier molecular flexibility index (Phi) is 4.66. The van der Waals surface area contributed by atoms with Crippen LogP contribution in [0.5, 0.6) is 0 Å². The van der Waals surface area contributed by atoms with Gasteiger partial charge in [0.2, 0.25) is 0 Å². The summed E-state index contributed by atoms with van der Waals surface area (Å²) in [5.74, 6) is 0.303. The quantitative estimate of drug-likeness (QED) is 0.536. The molecule has 2 nitrogen and oxygen atoms in total. The van der Waals surface area contributed by atoms with Crippen molar-refractivity contribution < 1.29 is 9.59 Å². The van der Waals surface area contributed by atoms with Crippen LogP contribution in [-0.4, -0.2) is 27.3 Å². The van der Waals surface area contributed by atoms with E-state index in [1.807, 2.05) is 70.3 Å². The molecule has 116 valence electrons. The molecule has 0 aliphatic heterocycles. The van der Waals surface area contributed by atoms with Gasteiger partial charge in [0.1, 0.15) is 15.7 Å². The third kappa shape index (κ3) is 2.92. The molecule has 0 radical (unpaired) electrons. The van der Waals surface area contributed by atoms with E-state index in [1.54, 1.807) is 0 Å². The summed E-state index contributed by atoms with van der Waals surface area (Å²) in [6.07, 6.45) is 1.01. The van der Waals surface area contributed by atoms with Crippen LogP contribution in [0.3, 0.4) is 0 Å². The van der Waals surface area contributed by atoms with Crippen LogP contribution < -0.4 is 0 Å². The van der Waals surface area contributed by atoms with E-state index in [0.717, 1.165) is 33.0 Å². The normalized spacial score (nSPS) is 10.7. The number of carbonyl (C=O) groups excluding carboxylic acids is 2. The van der Waals surface area contributed by atoms with Gasteiger partial charge in [0.25, 0.3) is 0 Å². The van der Waals surface area contributed by atoms with Crippen molar-refractivity contribution in [1.82, 2.24) is 0 Å². The molecular formula is C20H18B2O2. The number of hydrogen-bond acceptors (Lipinski definition) is 2. The topological polar surface area (TPSA) is 34.1 Å². The van der Waals surface area contributed by atoms with Gasteiger partial charge in [-0.1, -0.05) is 60.7 Å². The van der Waals surface area contributed by atoms with Crippen LogP contribution in [-0.2, 0) is 0 Å². The minimum absolute atomic E-state index is 0.148. The van der Waals surface area contributed by atoms with Gasteiger partial charge in [-0.05, 0) is 34.5 Å². The average molecular weight is 312 g/mol. The van der Waals surface area contributed by atoms with Gasteiger partial charge >= 0.3 is 0 Å². The number of carbonyl (C=O) groups is 2. The molecule has 0 spiro atoms. The Balaban J connectivity index is 2.13. The number of fused-ring (bicyclic) bond motifs is 1. The third-order valence-electron chi connectivity index (χ3n) is 4.38. The molecule has 24 heavy (non-hydrogen) atoms. The Morgan fingerprint density at radius 3 is 2.00 bits per heavy atom. The Labute approximate surface area is 143 Å². The molecule has 4 heteroatoms. The van der Waals surface area contributed by atoms with Gasteiger partial charge in [-0.25, -0.2) is 0 Å². The van der Waals surface area contributed by atoms with Crippen LogP contribution in [0, 0.1) is 0 Å². The second-order valence-electron chi connectivity index (χ2n) is 5.84. The highest BCUT2D eigenvalue weighted by Crippen LogP contribution is 2.31. The zero-order valence-corrected chi connectivity index (χ0v) is 14.0. The highest BCUT2D eigenvalue weighted by atomic mass is 16.1. The zero-order chi connectivity index (χ0) is 17.1. The summed E-state index contributed by atoms with van der Waals surface area (Å²) in [6.45, 7) is 0. The standard InChI is InChI=1S/C20H18B2O2/c21-11-19(23)14-9-7-13(8-10-14)15-3-1-5-17-16(15)4-2-6-18(17)20(24)12-22/h1-10H,11-12,21-22H2. The lowest BCUT2D eigenvalue weighted by molar-refractivity contribution is 0.101. The molecule has 0 saturated heterocycles. The monoisotopic (exact) mass is 312 g/mol. The van der Waals surface area contributed by atoms with E-state index in [9.17, 15) is 9.59 Å². The maximum Gasteiger partial charge on any atom is 0.155 e. The number of hydrogen-bond donors (Lipinski definition) is 0. The molecular weight excluding hydrogens is 294 g/mol. The molecule has 0 N–H and O–H groups in total. The van der Waals surface area contributed by atoms with E-state index in [1.165, 1.54) is 0 Å². The first-order valence-electron chi connectivity index (χ1n) is 8.34. The van der Waals surface area contributed by atoms with E-state index < -0.39 is 0 Å². The number of Topliss-reactive ketones (excluding diaryl/α,β-unsaturated/α-hetero) is 2. The molecule has 0 aliphatic carbocycles. The zero-order valence-electron chi connectivity index (χ0n) is 14.0. The molecule has 0 bridgehead atoms. The summed E-state index contributed by atoms with van der Waals surface area (Å²) in [7, 11) is 3.75. The number of benzene rings is 3. The molecule has 3 aromatic carbocycles. The Morgan fingerprint density at radius 1 is 0.708 bits per heavy atom. The maximum absolute atomic E-state index is 12.2. The minimum Gasteiger partial charge on any atom is -0.295 e. The van der Waals surface area contributed by atoms with Crippen molar-refractivity contribution in [2.24, 2.45) is 0 Å². The Hall–Kier alpha value is -2.61. The fourth-order valence-corrected chi connectivity index (χ4v) is 3.04. The first kappa shape index (κ1) is 16.3. The van der Waals surface area contributed by atoms with Gasteiger partial charge in [-0.3, -0.25) is 9.59 Å². The molecule has 0 atom stereocenters. The average Bonchev–Trinajstić information content (AvgIpc) is 2.66. The summed E-state index contributed by atoms with van der Waals surface area (Å²) < 4.78 is 0. The molecule has 0 amide bonds. The summed E-state index contributed by atoms with van der Waals surface area (Å²) >= 11 is 0. The van der Waals surface area contributed by atoms with Crippen molar-refractivity contribution in [3.05, 3.63) is 71.8 Å². The lowest BCUT2D eigenvalue weighted by Gasteiger charge is -2.10. The third-order valence-corrected chi connectivity index (χ3v) is 4.38. The molecule has 0 aliphatic rings. The van der Waals surface area contributed by atoms with Crippen LogP contribution in [0.15, 0.2) is 60.7 Å². The van der Waals surface area contributed by atoms with Crippen LogP contribution in [0.4, 0.5) is 0 Å².